The van der Waals surface area contributed by atoms with Crippen LogP contribution < -0.4 is 4.74 Å². The lowest BCUT2D eigenvalue weighted by Crippen LogP contribution is -2.23. The topological polar surface area (TPSA) is 45.9 Å². The van der Waals surface area contributed by atoms with E-state index in [0.29, 0.717) is 16.3 Å². The van der Waals surface area contributed by atoms with Gasteiger partial charge in [0.2, 0.25) is 0 Å². The van der Waals surface area contributed by atoms with Crippen LogP contribution in [-0.4, -0.2) is 10.6 Å². The molecule has 0 aliphatic carbocycles. The van der Waals surface area contributed by atoms with Gasteiger partial charge in [0.25, 0.3) is 0 Å². The molecule has 0 bridgehead atoms. The number of hydrogen-bond acceptors (Lipinski definition) is 3. The molecule has 0 aliphatic rings. The number of hydrogen-bond donors (Lipinski definition) is 0. The fourth-order valence-electron chi connectivity index (χ4n) is 0.913. The van der Waals surface area contributed by atoms with Crippen LogP contribution in [0.15, 0.2) is 12.4 Å². The average molecular weight is 211 g/mol. The van der Waals surface area contributed by atoms with E-state index in [0.717, 1.165) is 0 Å². The zero-order valence-electron chi connectivity index (χ0n) is 8.34. The summed E-state index contributed by atoms with van der Waals surface area (Å²) in [4.78, 5) is 3.81. The van der Waals surface area contributed by atoms with E-state index in [1.54, 1.807) is 0 Å². The average Bonchev–Trinajstić information content (AvgIpc) is 2.06. The standard InChI is InChI=1S/C10H11ClN2O/c1-10(2,3)14-9-7(4-12)5-13-6-8(9)11/h5-6H,1-3H3. The maximum atomic E-state index is 8.81. The highest BCUT2D eigenvalue weighted by molar-refractivity contribution is 6.32. The lowest BCUT2D eigenvalue weighted by molar-refractivity contribution is 0.130. The number of ether oxygens (including phenoxy) is 1. The highest BCUT2D eigenvalue weighted by Gasteiger charge is 2.17. The molecule has 1 heterocycles. The van der Waals surface area contributed by atoms with Gasteiger partial charge in [-0.2, -0.15) is 5.26 Å². The second-order valence-electron chi connectivity index (χ2n) is 3.82. The first kappa shape index (κ1) is 10.8. The summed E-state index contributed by atoms with van der Waals surface area (Å²) in [5.74, 6) is 0.400. The largest absolute Gasteiger partial charge is 0.485 e. The van der Waals surface area contributed by atoms with Gasteiger partial charge in [0.15, 0.2) is 5.75 Å². The van der Waals surface area contributed by atoms with Crippen LogP contribution in [-0.2, 0) is 0 Å². The Balaban J connectivity index is 3.13. The quantitative estimate of drug-likeness (QED) is 0.716. The number of pyridine rings is 1. The van der Waals surface area contributed by atoms with Crippen molar-refractivity contribution in [1.82, 2.24) is 4.98 Å². The molecule has 0 fully saturated rings. The van der Waals surface area contributed by atoms with Crippen molar-refractivity contribution in [2.24, 2.45) is 0 Å². The van der Waals surface area contributed by atoms with Gasteiger partial charge >= 0.3 is 0 Å². The number of nitriles is 1. The van der Waals surface area contributed by atoms with Crippen molar-refractivity contribution in [3.05, 3.63) is 23.0 Å². The van der Waals surface area contributed by atoms with Crippen LogP contribution in [0.25, 0.3) is 0 Å². The van der Waals surface area contributed by atoms with Gasteiger partial charge in [0, 0.05) is 12.4 Å². The molecule has 0 unspecified atom stereocenters. The number of halogens is 1. The van der Waals surface area contributed by atoms with E-state index in [4.69, 9.17) is 21.6 Å². The molecule has 0 amide bonds. The van der Waals surface area contributed by atoms with Gasteiger partial charge in [-0.15, -0.1) is 0 Å². The van der Waals surface area contributed by atoms with Crippen LogP contribution in [0.4, 0.5) is 0 Å². The predicted octanol–water partition coefficient (Wildman–Crippen LogP) is 2.78. The van der Waals surface area contributed by atoms with Crippen molar-refractivity contribution in [2.75, 3.05) is 0 Å². The summed E-state index contributed by atoms with van der Waals surface area (Å²) in [5.41, 5.74) is -0.0243. The zero-order valence-corrected chi connectivity index (χ0v) is 9.09. The molecule has 74 valence electrons. The van der Waals surface area contributed by atoms with E-state index in [1.165, 1.54) is 12.4 Å². The molecule has 4 heteroatoms. The molecule has 0 saturated carbocycles. The van der Waals surface area contributed by atoms with E-state index in [2.05, 4.69) is 4.98 Å². The molecule has 0 spiro atoms. The van der Waals surface area contributed by atoms with Crippen molar-refractivity contribution in [3.63, 3.8) is 0 Å². The van der Waals surface area contributed by atoms with Gasteiger partial charge < -0.3 is 4.74 Å². The van der Waals surface area contributed by atoms with Gasteiger partial charge in [0.1, 0.15) is 22.3 Å². The van der Waals surface area contributed by atoms with Gasteiger partial charge in [-0.25, -0.2) is 0 Å². The first-order chi connectivity index (χ1) is 6.44. The smallest absolute Gasteiger partial charge is 0.159 e. The van der Waals surface area contributed by atoms with Gasteiger partial charge in [0.05, 0.1) is 0 Å². The summed E-state index contributed by atoms with van der Waals surface area (Å²) >= 11 is 5.88. The summed E-state index contributed by atoms with van der Waals surface area (Å²) in [5, 5.41) is 9.17. The maximum Gasteiger partial charge on any atom is 0.159 e. The fraction of sp³-hybridized carbons (Fsp3) is 0.400. The summed E-state index contributed by atoms with van der Waals surface area (Å²) in [6.45, 7) is 5.68. The van der Waals surface area contributed by atoms with Crippen molar-refractivity contribution < 1.29 is 4.74 Å². The van der Waals surface area contributed by atoms with E-state index in [1.807, 2.05) is 26.8 Å². The summed E-state index contributed by atoms with van der Waals surface area (Å²) in [6, 6.07) is 1.99. The van der Waals surface area contributed by atoms with Crippen molar-refractivity contribution in [2.45, 2.75) is 26.4 Å². The normalized spacial score (nSPS) is 10.8. The highest BCUT2D eigenvalue weighted by atomic mass is 35.5. The summed E-state index contributed by atoms with van der Waals surface area (Å²) in [6.07, 6.45) is 2.90. The number of rotatable bonds is 1. The van der Waals surface area contributed by atoms with Crippen LogP contribution in [0.2, 0.25) is 5.02 Å². The van der Waals surface area contributed by atoms with Crippen LogP contribution in [0, 0.1) is 11.3 Å². The Morgan fingerprint density at radius 3 is 2.57 bits per heavy atom. The van der Waals surface area contributed by atoms with E-state index >= 15 is 0 Å². The molecule has 1 aromatic heterocycles. The minimum Gasteiger partial charge on any atom is -0.485 e. The molecule has 0 aromatic carbocycles. The molecule has 0 aliphatic heterocycles. The van der Waals surface area contributed by atoms with Crippen LogP contribution >= 0.6 is 11.6 Å². The van der Waals surface area contributed by atoms with E-state index < -0.39 is 0 Å². The molecule has 0 atom stereocenters. The monoisotopic (exact) mass is 210 g/mol. The fourth-order valence-corrected chi connectivity index (χ4v) is 1.11. The second kappa shape index (κ2) is 3.85. The third-order valence-electron chi connectivity index (χ3n) is 1.38. The summed E-state index contributed by atoms with van der Waals surface area (Å²) < 4.78 is 5.56. The molecule has 0 radical (unpaired) electrons. The van der Waals surface area contributed by atoms with Gasteiger partial charge in [-0.1, -0.05) is 11.6 Å². The lowest BCUT2D eigenvalue weighted by atomic mass is 10.2. The molecule has 0 saturated heterocycles. The summed E-state index contributed by atoms with van der Waals surface area (Å²) in [7, 11) is 0. The first-order valence-corrected chi connectivity index (χ1v) is 4.54. The van der Waals surface area contributed by atoms with E-state index in [-0.39, 0.29) is 5.60 Å². The third-order valence-corrected chi connectivity index (χ3v) is 1.65. The molecule has 1 aromatic rings. The second-order valence-corrected chi connectivity index (χ2v) is 4.23. The first-order valence-electron chi connectivity index (χ1n) is 4.16. The van der Waals surface area contributed by atoms with Crippen LogP contribution in [0.5, 0.6) is 5.75 Å². The van der Waals surface area contributed by atoms with Gasteiger partial charge in [-0.05, 0) is 20.8 Å². The molecular formula is C10H11ClN2O. The Labute approximate surface area is 88.3 Å². The van der Waals surface area contributed by atoms with Crippen molar-refractivity contribution in [3.8, 4) is 11.8 Å². The molecular weight excluding hydrogens is 200 g/mol. The Hall–Kier alpha value is -1.27. The minimum absolute atomic E-state index is 0.354. The lowest BCUT2D eigenvalue weighted by Gasteiger charge is -2.22. The van der Waals surface area contributed by atoms with Crippen molar-refractivity contribution in [1.29, 1.82) is 5.26 Å². The Morgan fingerprint density at radius 2 is 2.07 bits per heavy atom. The minimum atomic E-state index is -0.378. The van der Waals surface area contributed by atoms with E-state index in [9.17, 15) is 0 Å². The third kappa shape index (κ3) is 2.61. The maximum absolute atomic E-state index is 8.81. The molecule has 1 rings (SSSR count). The van der Waals surface area contributed by atoms with Crippen LogP contribution in [0.3, 0.4) is 0 Å². The number of aromatic nitrogens is 1. The number of nitrogens with zero attached hydrogens (tertiary/aromatic N) is 2. The molecule has 0 N–H and O–H groups in total. The highest BCUT2D eigenvalue weighted by Crippen LogP contribution is 2.29. The molecule has 3 nitrogen and oxygen atoms in total. The van der Waals surface area contributed by atoms with Crippen molar-refractivity contribution >= 4 is 11.6 Å². The Morgan fingerprint density at radius 1 is 1.43 bits per heavy atom. The SMILES string of the molecule is CC(C)(C)Oc1c(Cl)cncc1C#N. The Bertz CT molecular complexity index is 377. The predicted molar refractivity (Wildman–Crippen MR) is 54.3 cm³/mol. The van der Waals surface area contributed by atoms with Crippen LogP contribution in [0.1, 0.15) is 26.3 Å². The van der Waals surface area contributed by atoms with Gasteiger partial charge in [-0.3, -0.25) is 4.98 Å². The molecule has 14 heavy (non-hydrogen) atoms. The zero-order chi connectivity index (χ0) is 10.8. The Kier molecular flexibility index (Phi) is 2.97.